The average molecular weight is 136 g/mol. The summed E-state index contributed by atoms with van der Waals surface area (Å²) < 4.78 is 8.84. The molecule has 0 saturated heterocycles. The van der Waals surface area contributed by atoms with Crippen LogP contribution < -0.4 is 0 Å². The minimum absolute atomic E-state index is 0.0133. The van der Waals surface area contributed by atoms with Crippen LogP contribution in [0.3, 0.4) is 0 Å². The van der Waals surface area contributed by atoms with Gasteiger partial charge in [-0.1, -0.05) is 0 Å². The molecular formula is C4H8O3S. The maximum absolute atomic E-state index is 10.2. The molecule has 0 spiro atoms. The maximum Gasteiger partial charge on any atom is 0.317 e. The van der Waals surface area contributed by atoms with Crippen molar-refractivity contribution in [3.8, 4) is 0 Å². The van der Waals surface area contributed by atoms with Crippen molar-refractivity contribution in [3.05, 3.63) is 0 Å². The van der Waals surface area contributed by atoms with Crippen LogP contribution in [0.5, 0.6) is 0 Å². The van der Waals surface area contributed by atoms with E-state index >= 15 is 0 Å². The van der Waals surface area contributed by atoms with E-state index in [-0.39, 0.29) is 18.5 Å². The molecule has 0 aliphatic carbocycles. The molecule has 0 atom stereocenters. The van der Waals surface area contributed by atoms with Gasteiger partial charge in [-0.05, 0) is 0 Å². The van der Waals surface area contributed by atoms with Crippen molar-refractivity contribution in [1.29, 1.82) is 0 Å². The first-order valence-corrected chi connectivity index (χ1v) is 2.70. The second kappa shape index (κ2) is 4.93. The van der Waals surface area contributed by atoms with E-state index in [9.17, 15) is 4.79 Å². The van der Waals surface area contributed by atoms with Crippen molar-refractivity contribution in [2.45, 2.75) is 0 Å². The Labute approximate surface area is 53.4 Å². The lowest BCUT2D eigenvalue weighted by Crippen LogP contribution is -2.07. The fourth-order valence-corrected chi connectivity index (χ4v) is 0.262. The molecule has 3 nitrogen and oxygen atoms in total. The number of carbonyl (C=O) groups is 1. The van der Waals surface area contributed by atoms with E-state index < -0.39 is 0 Å². The second-order valence-electron chi connectivity index (χ2n) is 1.08. The molecule has 0 aliphatic heterocycles. The molecule has 0 amide bonds. The molecule has 0 N–H and O–H groups in total. The number of carbonyl (C=O) groups excluding carboxylic acids is 1. The fraction of sp³-hybridized carbons (Fsp3) is 0.750. The van der Waals surface area contributed by atoms with Crippen LogP contribution in [-0.2, 0) is 14.3 Å². The smallest absolute Gasteiger partial charge is 0.317 e. The van der Waals surface area contributed by atoms with Crippen molar-refractivity contribution < 1.29 is 14.3 Å². The van der Waals surface area contributed by atoms with Gasteiger partial charge in [0.25, 0.3) is 0 Å². The van der Waals surface area contributed by atoms with E-state index in [0.29, 0.717) is 0 Å². The molecular weight excluding hydrogens is 128 g/mol. The Morgan fingerprint density at radius 1 is 1.75 bits per heavy atom. The van der Waals surface area contributed by atoms with Gasteiger partial charge in [-0.2, -0.15) is 12.6 Å². The van der Waals surface area contributed by atoms with Gasteiger partial charge >= 0.3 is 5.97 Å². The first-order chi connectivity index (χ1) is 3.81. The molecule has 0 fully saturated rings. The van der Waals surface area contributed by atoms with Crippen LogP contribution in [0, 0.1) is 0 Å². The van der Waals surface area contributed by atoms with Gasteiger partial charge in [0.05, 0.1) is 5.75 Å². The van der Waals surface area contributed by atoms with E-state index in [1.807, 2.05) is 0 Å². The highest BCUT2D eigenvalue weighted by atomic mass is 32.1. The number of rotatable bonds is 3. The van der Waals surface area contributed by atoms with Crippen LogP contribution in [0.2, 0.25) is 0 Å². The molecule has 4 heteroatoms. The van der Waals surface area contributed by atoms with Gasteiger partial charge in [0.2, 0.25) is 0 Å². The van der Waals surface area contributed by atoms with Gasteiger partial charge in [0.15, 0.2) is 6.79 Å². The maximum atomic E-state index is 10.2. The zero-order valence-corrected chi connectivity index (χ0v) is 5.48. The van der Waals surface area contributed by atoms with Crippen LogP contribution in [-0.4, -0.2) is 25.6 Å². The largest absolute Gasteiger partial charge is 0.438 e. The predicted octanol–water partition coefficient (Wildman–Crippen LogP) is 0.0633. The van der Waals surface area contributed by atoms with Crippen molar-refractivity contribution in [1.82, 2.24) is 0 Å². The van der Waals surface area contributed by atoms with Crippen LogP contribution >= 0.6 is 12.6 Å². The zero-order chi connectivity index (χ0) is 6.41. The Morgan fingerprint density at radius 3 is 2.75 bits per heavy atom. The monoisotopic (exact) mass is 136 g/mol. The van der Waals surface area contributed by atoms with Crippen LogP contribution in [0.1, 0.15) is 0 Å². The van der Waals surface area contributed by atoms with Crippen molar-refractivity contribution >= 4 is 18.6 Å². The third-order valence-electron chi connectivity index (χ3n) is 0.467. The quantitative estimate of drug-likeness (QED) is 0.338. The summed E-state index contributed by atoms with van der Waals surface area (Å²) in [6.07, 6.45) is 0. The lowest BCUT2D eigenvalue weighted by atomic mass is 10.8. The Morgan fingerprint density at radius 2 is 2.38 bits per heavy atom. The Balaban J connectivity index is 2.99. The molecule has 0 saturated carbocycles. The topological polar surface area (TPSA) is 35.5 Å². The molecule has 8 heavy (non-hydrogen) atoms. The molecule has 48 valence electrons. The normalized spacial score (nSPS) is 8.75. The summed E-state index contributed by atoms with van der Waals surface area (Å²) in [6.45, 7) is 0.0133. The van der Waals surface area contributed by atoms with Crippen LogP contribution in [0.4, 0.5) is 0 Å². The summed E-state index contributed by atoms with van der Waals surface area (Å²) in [4.78, 5) is 10.2. The molecule has 0 radical (unpaired) electrons. The van der Waals surface area contributed by atoms with Gasteiger partial charge in [-0.25, -0.2) is 0 Å². The number of ether oxygens (including phenoxy) is 2. The summed E-state index contributed by atoms with van der Waals surface area (Å²) in [7, 11) is 1.45. The highest BCUT2D eigenvalue weighted by Gasteiger charge is 1.94. The highest BCUT2D eigenvalue weighted by molar-refractivity contribution is 7.81. The summed E-state index contributed by atoms with van der Waals surface area (Å²) in [5.41, 5.74) is 0. The zero-order valence-electron chi connectivity index (χ0n) is 4.59. The summed E-state index contributed by atoms with van der Waals surface area (Å²) in [5.74, 6) is -0.265. The summed E-state index contributed by atoms with van der Waals surface area (Å²) in [5, 5.41) is 0. The van der Waals surface area contributed by atoms with E-state index in [0.717, 1.165) is 0 Å². The standard InChI is InChI=1S/C4H8O3S/c1-6-3-7-4(5)2-8/h8H,2-3H2,1H3. The Hall–Kier alpha value is -0.220. The van der Waals surface area contributed by atoms with E-state index in [1.165, 1.54) is 7.11 Å². The van der Waals surface area contributed by atoms with Gasteiger partial charge in [0, 0.05) is 7.11 Å². The lowest BCUT2D eigenvalue weighted by molar-refractivity contribution is -0.150. The average Bonchev–Trinajstić information content (AvgIpc) is 1.83. The Kier molecular flexibility index (Phi) is 4.79. The third-order valence-corrected chi connectivity index (χ3v) is 0.725. The van der Waals surface area contributed by atoms with Crippen molar-refractivity contribution in [2.24, 2.45) is 0 Å². The SMILES string of the molecule is COCOC(=O)CS. The van der Waals surface area contributed by atoms with Crippen molar-refractivity contribution in [2.75, 3.05) is 19.7 Å². The van der Waals surface area contributed by atoms with Crippen LogP contribution in [0.15, 0.2) is 0 Å². The van der Waals surface area contributed by atoms with E-state index in [4.69, 9.17) is 0 Å². The molecule has 0 aliphatic rings. The number of esters is 1. The molecule has 0 heterocycles. The summed E-state index contributed by atoms with van der Waals surface area (Å²) in [6, 6.07) is 0. The van der Waals surface area contributed by atoms with Gasteiger partial charge in [-0.15, -0.1) is 0 Å². The van der Waals surface area contributed by atoms with Gasteiger partial charge in [-0.3, -0.25) is 4.79 Å². The lowest BCUT2D eigenvalue weighted by Gasteiger charge is -1.97. The second-order valence-corrected chi connectivity index (χ2v) is 1.40. The highest BCUT2D eigenvalue weighted by Crippen LogP contribution is 1.80. The minimum atomic E-state index is -0.366. The van der Waals surface area contributed by atoms with Crippen molar-refractivity contribution in [3.63, 3.8) is 0 Å². The van der Waals surface area contributed by atoms with Gasteiger partial charge in [0.1, 0.15) is 0 Å². The first kappa shape index (κ1) is 7.78. The third kappa shape index (κ3) is 3.95. The summed E-state index contributed by atoms with van der Waals surface area (Å²) >= 11 is 3.66. The Bertz CT molecular complexity index is 73.7. The molecule has 0 unspecified atom stereocenters. The molecule has 0 aromatic heterocycles. The predicted molar refractivity (Wildman–Crippen MR) is 31.8 cm³/mol. The minimum Gasteiger partial charge on any atom is -0.438 e. The van der Waals surface area contributed by atoms with Crippen LogP contribution in [0.25, 0.3) is 0 Å². The van der Waals surface area contributed by atoms with E-state index in [2.05, 4.69) is 22.1 Å². The number of methoxy groups -OCH3 is 1. The fourth-order valence-electron chi connectivity index (χ4n) is 0.170. The van der Waals surface area contributed by atoms with Gasteiger partial charge < -0.3 is 9.47 Å². The molecule has 0 rings (SSSR count). The number of hydrogen-bond acceptors (Lipinski definition) is 4. The number of hydrogen-bond donors (Lipinski definition) is 1. The van der Waals surface area contributed by atoms with E-state index in [1.54, 1.807) is 0 Å². The molecule has 0 bridgehead atoms. The number of thiol groups is 1. The first-order valence-electron chi connectivity index (χ1n) is 2.06. The molecule has 0 aromatic rings. The molecule has 0 aromatic carbocycles.